The van der Waals surface area contributed by atoms with Crippen LogP contribution in [0.1, 0.15) is 63.8 Å². The van der Waals surface area contributed by atoms with Crippen molar-refractivity contribution < 1.29 is 4.92 Å². The van der Waals surface area contributed by atoms with E-state index in [-0.39, 0.29) is 5.95 Å². The first-order chi connectivity index (χ1) is 8.69. The summed E-state index contributed by atoms with van der Waals surface area (Å²) in [5.41, 5.74) is 1.86. The molecule has 0 saturated heterocycles. The van der Waals surface area contributed by atoms with Crippen LogP contribution >= 0.6 is 0 Å². The van der Waals surface area contributed by atoms with Crippen LogP contribution < -0.4 is 0 Å². The Kier molecular flexibility index (Phi) is 6.39. The summed E-state index contributed by atoms with van der Waals surface area (Å²) >= 11 is 0. The molecule has 0 atom stereocenters. The van der Waals surface area contributed by atoms with Crippen LogP contribution in [0.5, 0.6) is 0 Å². The summed E-state index contributed by atoms with van der Waals surface area (Å²) in [6.07, 6.45) is 8.45. The van der Waals surface area contributed by atoms with Crippen molar-refractivity contribution in [3.8, 4) is 0 Å². The molecule has 5 heteroatoms. The van der Waals surface area contributed by atoms with Gasteiger partial charge in [0.2, 0.25) is 0 Å². The van der Waals surface area contributed by atoms with Gasteiger partial charge in [0.25, 0.3) is 0 Å². The van der Waals surface area contributed by atoms with Crippen molar-refractivity contribution in [2.24, 2.45) is 0 Å². The number of nitro groups is 1. The highest BCUT2D eigenvalue weighted by atomic mass is 16.6. The summed E-state index contributed by atoms with van der Waals surface area (Å²) in [5.74, 6) is -0.104. The van der Waals surface area contributed by atoms with E-state index in [4.69, 9.17) is 0 Å². The molecule has 0 fully saturated rings. The average molecular weight is 253 g/mol. The number of H-pyrrole nitrogens is 1. The van der Waals surface area contributed by atoms with Crippen LogP contribution in [-0.4, -0.2) is 14.9 Å². The van der Waals surface area contributed by atoms with Crippen LogP contribution in [0.4, 0.5) is 5.95 Å². The van der Waals surface area contributed by atoms with Crippen LogP contribution in [0, 0.1) is 10.1 Å². The zero-order valence-corrected chi connectivity index (χ0v) is 11.4. The fourth-order valence-corrected chi connectivity index (χ4v) is 2.02. The molecule has 1 N–H and O–H groups in total. The molecule has 0 radical (unpaired) electrons. The molecule has 0 aliphatic carbocycles. The van der Waals surface area contributed by atoms with Crippen molar-refractivity contribution in [1.29, 1.82) is 0 Å². The smallest absolute Gasteiger partial charge is 0.390 e. The second-order valence-electron chi connectivity index (χ2n) is 4.66. The summed E-state index contributed by atoms with van der Waals surface area (Å²) in [5, 5.41) is 10.7. The minimum Gasteiger partial charge on any atom is -0.390 e. The van der Waals surface area contributed by atoms with E-state index in [1.54, 1.807) is 0 Å². The lowest BCUT2D eigenvalue weighted by atomic mass is 10.1. The lowest BCUT2D eigenvalue weighted by molar-refractivity contribution is -0.393. The molecule has 0 unspecified atom stereocenters. The molecule has 1 aromatic rings. The number of aromatic nitrogens is 2. The monoisotopic (exact) mass is 253 g/mol. The van der Waals surface area contributed by atoms with Crippen LogP contribution in [0.25, 0.3) is 0 Å². The highest BCUT2D eigenvalue weighted by Crippen LogP contribution is 2.17. The zero-order chi connectivity index (χ0) is 13.4. The van der Waals surface area contributed by atoms with Gasteiger partial charge >= 0.3 is 5.95 Å². The molecule has 0 amide bonds. The number of hydrogen-bond donors (Lipinski definition) is 1. The number of rotatable bonds is 9. The summed E-state index contributed by atoms with van der Waals surface area (Å²) in [7, 11) is 0. The first-order valence-corrected chi connectivity index (χ1v) is 6.91. The third-order valence-electron chi connectivity index (χ3n) is 3.07. The first-order valence-electron chi connectivity index (χ1n) is 6.91. The van der Waals surface area contributed by atoms with Gasteiger partial charge in [0.1, 0.15) is 5.69 Å². The highest BCUT2D eigenvalue weighted by molar-refractivity contribution is 5.21. The number of aryl methyl sites for hydroxylation is 2. The summed E-state index contributed by atoms with van der Waals surface area (Å²) in [4.78, 5) is 17.3. The minimum atomic E-state index is -0.438. The highest BCUT2D eigenvalue weighted by Gasteiger charge is 2.18. The molecule has 0 spiro atoms. The fraction of sp³-hybridized carbons (Fsp3) is 0.769. The first kappa shape index (κ1) is 14.7. The zero-order valence-electron chi connectivity index (χ0n) is 11.4. The van der Waals surface area contributed by atoms with E-state index in [1.165, 1.54) is 0 Å². The molecular weight excluding hydrogens is 230 g/mol. The van der Waals surface area contributed by atoms with Gasteiger partial charge in [0.05, 0.1) is 0 Å². The van der Waals surface area contributed by atoms with Crippen LogP contribution in [-0.2, 0) is 12.8 Å². The molecule has 1 heterocycles. The molecule has 1 aromatic heterocycles. The van der Waals surface area contributed by atoms with Crippen LogP contribution in [0.3, 0.4) is 0 Å². The average Bonchev–Trinajstić information content (AvgIpc) is 2.74. The van der Waals surface area contributed by atoms with Crippen molar-refractivity contribution in [3.05, 3.63) is 21.5 Å². The van der Waals surface area contributed by atoms with E-state index in [0.29, 0.717) is 0 Å². The summed E-state index contributed by atoms with van der Waals surface area (Å²) in [6.45, 7) is 4.30. The Balaban J connectivity index is 2.67. The van der Waals surface area contributed by atoms with Gasteiger partial charge < -0.3 is 10.1 Å². The second kappa shape index (κ2) is 7.84. The maximum absolute atomic E-state index is 10.7. The largest absolute Gasteiger partial charge is 0.432 e. The Hall–Kier alpha value is -1.39. The summed E-state index contributed by atoms with van der Waals surface area (Å²) < 4.78 is 0. The number of nitrogens with one attached hydrogen (secondary N) is 1. The third kappa shape index (κ3) is 4.47. The Morgan fingerprint density at radius 1 is 1.11 bits per heavy atom. The Bertz CT molecular complexity index is 347. The van der Waals surface area contributed by atoms with E-state index in [2.05, 4.69) is 23.8 Å². The molecule has 0 saturated carbocycles. The Morgan fingerprint density at radius 3 is 2.28 bits per heavy atom. The number of nitrogens with zero attached hydrogens (tertiary/aromatic N) is 2. The predicted octanol–water partition coefficient (Wildman–Crippen LogP) is 3.78. The molecule has 102 valence electrons. The van der Waals surface area contributed by atoms with Crippen molar-refractivity contribution in [2.75, 3.05) is 0 Å². The SMILES string of the molecule is CCCCCc1nc([N+](=O)[O-])[nH]c1CCCCC. The molecule has 0 bridgehead atoms. The summed E-state index contributed by atoms with van der Waals surface area (Å²) in [6, 6.07) is 0. The van der Waals surface area contributed by atoms with Crippen LogP contribution in [0.2, 0.25) is 0 Å². The molecule has 0 aliphatic heterocycles. The van der Waals surface area contributed by atoms with Gasteiger partial charge in [-0.1, -0.05) is 44.5 Å². The number of hydrogen-bond acceptors (Lipinski definition) is 3. The van der Waals surface area contributed by atoms with E-state index in [9.17, 15) is 10.1 Å². The lowest BCUT2D eigenvalue weighted by Crippen LogP contribution is -1.94. The molecular formula is C13H23N3O2. The molecule has 1 rings (SSSR count). The van der Waals surface area contributed by atoms with Gasteiger partial charge in [-0.05, 0) is 17.8 Å². The van der Waals surface area contributed by atoms with Gasteiger partial charge in [0.15, 0.2) is 5.69 Å². The Morgan fingerprint density at radius 2 is 1.72 bits per heavy atom. The van der Waals surface area contributed by atoms with Gasteiger partial charge in [-0.25, -0.2) is 4.98 Å². The standard InChI is InChI=1S/C13H23N3O2/c1-3-5-7-9-11-12(10-8-6-4-2)15-13(14-11)16(17)18/h3-10H2,1-2H3,(H,14,15). The third-order valence-corrected chi connectivity index (χ3v) is 3.07. The van der Waals surface area contributed by atoms with Crippen molar-refractivity contribution in [2.45, 2.75) is 65.2 Å². The molecule has 18 heavy (non-hydrogen) atoms. The van der Waals surface area contributed by atoms with Crippen molar-refractivity contribution in [1.82, 2.24) is 9.97 Å². The fourth-order valence-electron chi connectivity index (χ4n) is 2.02. The second-order valence-corrected chi connectivity index (χ2v) is 4.66. The topological polar surface area (TPSA) is 71.8 Å². The van der Waals surface area contributed by atoms with E-state index < -0.39 is 4.92 Å². The predicted molar refractivity (Wildman–Crippen MR) is 71.7 cm³/mol. The molecule has 5 nitrogen and oxygen atoms in total. The maximum Gasteiger partial charge on any atom is 0.432 e. The molecule has 0 aromatic carbocycles. The molecule has 0 aliphatic rings. The number of imidazole rings is 1. The van der Waals surface area contributed by atoms with E-state index in [0.717, 1.165) is 62.8 Å². The van der Waals surface area contributed by atoms with Gasteiger partial charge in [-0.15, -0.1) is 0 Å². The van der Waals surface area contributed by atoms with Gasteiger partial charge in [-0.3, -0.25) is 0 Å². The Labute approximate surface area is 108 Å². The number of unbranched alkanes of at least 4 members (excludes halogenated alkanes) is 4. The minimum absolute atomic E-state index is 0.104. The normalized spacial score (nSPS) is 10.8. The van der Waals surface area contributed by atoms with Crippen LogP contribution in [0.15, 0.2) is 0 Å². The lowest BCUT2D eigenvalue weighted by Gasteiger charge is -1.98. The van der Waals surface area contributed by atoms with Crippen molar-refractivity contribution >= 4 is 5.95 Å². The van der Waals surface area contributed by atoms with Gasteiger partial charge in [-0.2, -0.15) is 0 Å². The van der Waals surface area contributed by atoms with E-state index >= 15 is 0 Å². The quantitative estimate of drug-likeness (QED) is 0.413. The van der Waals surface area contributed by atoms with Crippen molar-refractivity contribution in [3.63, 3.8) is 0 Å². The number of aromatic amines is 1. The maximum atomic E-state index is 10.7. The van der Waals surface area contributed by atoms with Gasteiger partial charge in [0, 0.05) is 12.8 Å². The van der Waals surface area contributed by atoms with E-state index in [1.807, 2.05) is 0 Å².